The van der Waals surface area contributed by atoms with Gasteiger partial charge in [-0.15, -0.1) is 0 Å². The van der Waals surface area contributed by atoms with Gasteiger partial charge in [0.2, 0.25) is 0 Å². The molecule has 1 unspecified atom stereocenters. The Kier molecular flexibility index (Phi) is 2.77. The predicted octanol–water partition coefficient (Wildman–Crippen LogP) is 2.59. The smallest absolute Gasteiger partial charge is 0.168 e. The summed E-state index contributed by atoms with van der Waals surface area (Å²) in [5, 5.41) is 0. The van der Waals surface area contributed by atoms with Crippen molar-refractivity contribution in [2.45, 2.75) is 51.4 Å². The summed E-state index contributed by atoms with van der Waals surface area (Å²) in [5.41, 5.74) is 0.179. The third-order valence-corrected chi connectivity index (χ3v) is 4.73. The van der Waals surface area contributed by atoms with Crippen LogP contribution in [0.3, 0.4) is 0 Å². The van der Waals surface area contributed by atoms with Gasteiger partial charge < -0.3 is 14.2 Å². The number of hydrogen-bond acceptors (Lipinski definition) is 3. The van der Waals surface area contributed by atoms with E-state index in [1.54, 1.807) is 0 Å². The molecule has 0 amide bonds. The lowest BCUT2D eigenvalue weighted by molar-refractivity contribution is -0.297. The molecule has 2 saturated carbocycles. The highest BCUT2D eigenvalue weighted by molar-refractivity contribution is 4.98. The second-order valence-electron chi connectivity index (χ2n) is 6.91. The lowest BCUT2D eigenvalue weighted by Crippen LogP contribution is -2.46. The van der Waals surface area contributed by atoms with Crippen LogP contribution in [-0.2, 0) is 14.2 Å². The van der Waals surface area contributed by atoms with E-state index < -0.39 is 0 Å². The molecule has 0 bridgehead atoms. The minimum atomic E-state index is -0.246. The molecule has 1 spiro atoms. The maximum atomic E-state index is 6.08. The van der Waals surface area contributed by atoms with E-state index in [-0.39, 0.29) is 11.2 Å². The van der Waals surface area contributed by atoms with E-state index in [1.807, 2.05) is 7.11 Å². The lowest BCUT2D eigenvalue weighted by Gasteiger charge is -2.42. The quantitative estimate of drug-likeness (QED) is 0.705. The summed E-state index contributed by atoms with van der Waals surface area (Å²) in [5.74, 6) is 1.26. The average molecular weight is 240 g/mol. The van der Waals surface area contributed by atoms with Crippen LogP contribution in [0.15, 0.2) is 0 Å². The Morgan fingerprint density at radius 2 is 1.53 bits per heavy atom. The largest absolute Gasteiger partial charge is 0.381 e. The minimum absolute atomic E-state index is 0.179. The van der Waals surface area contributed by atoms with Gasteiger partial charge >= 0.3 is 0 Å². The number of hydrogen-bond donors (Lipinski definition) is 0. The van der Waals surface area contributed by atoms with Gasteiger partial charge in [0, 0.05) is 25.4 Å². The van der Waals surface area contributed by atoms with Gasteiger partial charge in [0.1, 0.15) is 0 Å². The molecular formula is C14H24O3. The maximum absolute atomic E-state index is 6.08. The van der Waals surface area contributed by atoms with Gasteiger partial charge in [-0.2, -0.15) is 0 Å². The van der Waals surface area contributed by atoms with E-state index in [4.69, 9.17) is 14.2 Å². The van der Waals surface area contributed by atoms with Gasteiger partial charge in [-0.3, -0.25) is 0 Å². The van der Waals surface area contributed by atoms with Gasteiger partial charge in [-0.1, -0.05) is 13.8 Å². The SMILES string of the molecule is COC1C[C@@H]2CC3(C[C@@H]2C1)OCC(C)(C)CO3. The Labute approximate surface area is 104 Å². The Bertz CT molecular complexity index is 274. The highest BCUT2D eigenvalue weighted by Gasteiger charge is 2.53. The van der Waals surface area contributed by atoms with Gasteiger partial charge in [0.25, 0.3) is 0 Å². The Morgan fingerprint density at radius 3 is 2.00 bits per heavy atom. The number of fused-ring (bicyclic) bond motifs is 1. The minimum Gasteiger partial charge on any atom is -0.381 e. The van der Waals surface area contributed by atoms with Crippen molar-refractivity contribution in [2.75, 3.05) is 20.3 Å². The summed E-state index contributed by atoms with van der Waals surface area (Å²) in [7, 11) is 1.83. The van der Waals surface area contributed by atoms with Crippen LogP contribution in [0.25, 0.3) is 0 Å². The first-order valence-electron chi connectivity index (χ1n) is 6.83. The van der Waals surface area contributed by atoms with Crippen LogP contribution in [0, 0.1) is 17.3 Å². The van der Waals surface area contributed by atoms with E-state index in [9.17, 15) is 0 Å². The molecule has 1 heterocycles. The molecule has 3 aliphatic rings. The molecule has 1 saturated heterocycles. The molecule has 3 atom stereocenters. The van der Waals surface area contributed by atoms with Crippen LogP contribution < -0.4 is 0 Å². The van der Waals surface area contributed by atoms with E-state index in [0.717, 1.165) is 37.9 Å². The van der Waals surface area contributed by atoms with Crippen molar-refractivity contribution >= 4 is 0 Å². The van der Waals surface area contributed by atoms with E-state index in [2.05, 4.69) is 13.8 Å². The molecule has 3 fully saturated rings. The van der Waals surface area contributed by atoms with Crippen molar-refractivity contribution in [2.24, 2.45) is 17.3 Å². The first kappa shape index (κ1) is 11.9. The number of rotatable bonds is 1. The topological polar surface area (TPSA) is 27.7 Å². The zero-order valence-corrected chi connectivity index (χ0v) is 11.2. The fourth-order valence-electron chi connectivity index (χ4n) is 3.70. The molecule has 0 aromatic carbocycles. The molecule has 3 nitrogen and oxygen atoms in total. The molecule has 0 radical (unpaired) electrons. The zero-order valence-electron chi connectivity index (χ0n) is 11.2. The summed E-state index contributed by atoms with van der Waals surface area (Å²) in [6.07, 6.45) is 5.02. The predicted molar refractivity (Wildman–Crippen MR) is 64.7 cm³/mol. The van der Waals surface area contributed by atoms with Crippen LogP contribution in [0.2, 0.25) is 0 Å². The van der Waals surface area contributed by atoms with Crippen molar-refractivity contribution in [3.63, 3.8) is 0 Å². The molecule has 17 heavy (non-hydrogen) atoms. The summed E-state index contributed by atoms with van der Waals surface area (Å²) in [4.78, 5) is 0. The number of ether oxygens (including phenoxy) is 3. The third-order valence-electron chi connectivity index (χ3n) is 4.73. The summed E-state index contributed by atoms with van der Waals surface area (Å²) in [6.45, 7) is 6.08. The summed E-state index contributed by atoms with van der Waals surface area (Å²) < 4.78 is 17.6. The van der Waals surface area contributed by atoms with Gasteiger partial charge in [0.15, 0.2) is 5.79 Å². The van der Waals surface area contributed by atoms with Crippen molar-refractivity contribution in [1.29, 1.82) is 0 Å². The van der Waals surface area contributed by atoms with Gasteiger partial charge in [0.05, 0.1) is 19.3 Å². The lowest BCUT2D eigenvalue weighted by atomic mass is 9.94. The van der Waals surface area contributed by atoms with Crippen LogP contribution in [0.4, 0.5) is 0 Å². The van der Waals surface area contributed by atoms with Crippen molar-refractivity contribution in [3.05, 3.63) is 0 Å². The molecule has 0 aromatic rings. The molecule has 3 heteroatoms. The van der Waals surface area contributed by atoms with E-state index in [0.29, 0.717) is 6.10 Å². The maximum Gasteiger partial charge on any atom is 0.168 e. The number of methoxy groups -OCH3 is 1. The first-order valence-corrected chi connectivity index (χ1v) is 6.83. The van der Waals surface area contributed by atoms with Crippen molar-refractivity contribution < 1.29 is 14.2 Å². The molecule has 0 aromatic heterocycles. The summed E-state index contributed by atoms with van der Waals surface area (Å²) in [6, 6.07) is 0. The van der Waals surface area contributed by atoms with Gasteiger partial charge in [-0.05, 0) is 24.7 Å². The van der Waals surface area contributed by atoms with Crippen LogP contribution in [0.1, 0.15) is 39.5 Å². The second-order valence-corrected chi connectivity index (χ2v) is 6.91. The van der Waals surface area contributed by atoms with E-state index in [1.165, 1.54) is 12.8 Å². The molecular weight excluding hydrogens is 216 g/mol. The third kappa shape index (κ3) is 2.13. The molecule has 2 aliphatic carbocycles. The van der Waals surface area contributed by atoms with Crippen LogP contribution in [0.5, 0.6) is 0 Å². The highest BCUT2D eigenvalue weighted by atomic mass is 16.7. The van der Waals surface area contributed by atoms with Gasteiger partial charge in [-0.25, -0.2) is 0 Å². The molecule has 3 rings (SSSR count). The second kappa shape index (κ2) is 3.94. The fourth-order valence-corrected chi connectivity index (χ4v) is 3.70. The summed E-state index contributed by atoms with van der Waals surface area (Å²) >= 11 is 0. The normalized spacial score (nSPS) is 42.9. The monoisotopic (exact) mass is 240 g/mol. The fraction of sp³-hybridized carbons (Fsp3) is 1.00. The Morgan fingerprint density at radius 1 is 1.00 bits per heavy atom. The van der Waals surface area contributed by atoms with Crippen LogP contribution in [-0.4, -0.2) is 32.2 Å². The molecule has 98 valence electrons. The zero-order chi connectivity index (χ0) is 12.1. The Hall–Kier alpha value is -0.120. The Balaban J connectivity index is 1.63. The molecule has 0 N–H and O–H groups in total. The average Bonchev–Trinajstić information content (AvgIpc) is 2.78. The van der Waals surface area contributed by atoms with E-state index >= 15 is 0 Å². The standard InChI is InChI=1S/C14H24O3/c1-13(2)8-16-14(17-9-13)6-10-4-12(15-3)5-11(10)7-14/h10-12H,4-9H2,1-3H3/t10-,11+,12?. The van der Waals surface area contributed by atoms with Crippen molar-refractivity contribution in [3.8, 4) is 0 Å². The molecule has 1 aliphatic heterocycles. The first-order chi connectivity index (χ1) is 8.02. The highest BCUT2D eigenvalue weighted by Crippen LogP contribution is 2.53. The van der Waals surface area contributed by atoms with Crippen LogP contribution >= 0.6 is 0 Å². The van der Waals surface area contributed by atoms with Crippen molar-refractivity contribution in [1.82, 2.24) is 0 Å².